The molecule has 114 valence electrons. The van der Waals surface area contributed by atoms with Crippen LogP contribution in [0.1, 0.15) is 45.4 Å². The molecule has 1 aliphatic carbocycles. The molecule has 1 amide bonds. The summed E-state index contributed by atoms with van der Waals surface area (Å²) in [7, 11) is 0. The second-order valence-corrected chi connectivity index (χ2v) is 6.01. The lowest BCUT2D eigenvalue weighted by Gasteiger charge is -2.40. The summed E-state index contributed by atoms with van der Waals surface area (Å²) < 4.78 is 0. The molecule has 2 rings (SSSR count). The third kappa shape index (κ3) is 3.49. The Labute approximate surface area is 118 Å². The maximum absolute atomic E-state index is 12.1. The van der Waals surface area contributed by atoms with Crippen LogP contribution in [0.4, 0.5) is 0 Å². The molecule has 0 spiro atoms. The molecule has 2 aliphatic rings. The van der Waals surface area contributed by atoms with Crippen molar-refractivity contribution in [3.8, 4) is 0 Å². The summed E-state index contributed by atoms with van der Waals surface area (Å²) in [4.78, 5) is 23.1. The minimum Gasteiger partial charge on any atom is -0.480 e. The van der Waals surface area contributed by atoms with Gasteiger partial charge in [0.15, 0.2) is 6.04 Å². The van der Waals surface area contributed by atoms with Crippen LogP contribution in [0.2, 0.25) is 0 Å². The Morgan fingerprint density at radius 3 is 2.55 bits per heavy atom. The molecule has 0 aromatic carbocycles. The van der Waals surface area contributed by atoms with E-state index in [1.807, 2.05) is 0 Å². The number of aliphatic carboxylic acids is 1. The molecule has 4 N–H and O–H groups in total. The summed E-state index contributed by atoms with van der Waals surface area (Å²) in [6.07, 6.45) is 5.41. The molecule has 3 unspecified atom stereocenters. The van der Waals surface area contributed by atoms with Crippen molar-refractivity contribution in [3.63, 3.8) is 0 Å². The smallest absolute Gasteiger partial charge is 0.328 e. The summed E-state index contributed by atoms with van der Waals surface area (Å²) in [5.41, 5.74) is 0. The van der Waals surface area contributed by atoms with Crippen LogP contribution in [0, 0.1) is 5.92 Å². The number of carboxylic acid groups (broad SMARTS) is 1. The van der Waals surface area contributed by atoms with Gasteiger partial charge in [0.1, 0.15) is 0 Å². The zero-order valence-electron chi connectivity index (χ0n) is 11.8. The van der Waals surface area contributed by atoms with Gasteiger partial charge in [0, 0.05) is 6.04 Å². The van der Waals surface area contributed by atoms with Crippen LogP contribution in [-0.4, -0.2) is 46.3 Å². The minimum absolute atomic E-state index is 0.317. The van der Waals surface area contributed by atoms with E-state index in [1.165, 1.54) is 26.2 Å². The van der Waals surface area contributed by atoms with E-state index in [0.717, 1.165) is 19.3 Å². The van der Waals surface area contributed by atoms with Crippen molar-refractivity contribution >= 4 is 11.9 Å². The molecule has 20 heavy (non-hydrogen) atoms. The van der Waals surface area contributed by atoms with E-state index in [0.29, 0.717) is 12.0 Å². The van der Waals surface area contributed by atoms with Gasteiger partial charge in [-0.05, 0) is 38.5 Å². The first-order valence-electron chi connectivity index (χ1n) is 7.46. The van der Waals surface area contributed by atoms with Crippen molar-refractivity contribution < 1.29 is 19.8 Å². The number of aliphatic hydroxyl groups is 1. The van der Waals surface area contributed by atoms with Crippen molar-refractivity contribution in [2.24, 2.45) is 5.92 Å². The lowest BCUT2D eigenvalue weighted by molar-refractivity contribution is -0.145. The van der Waals surface area contributed by atoms with Gasteiger partial charge in [0.2, 0.25) is 5.91 Å². The van der Waals surface area contributed by atoms with E-state index in [-0.39, 0.29) is 11.9 Å². The predicted molar refractivity (Wildman–Crippen MR) is 73.2 cm³/mol. The number of amides is 1. The molecule has 2 fully saturated rings. The highest BCUT2D eigenvalue weighted by atomic mass is 16.4. The lowest BCUT2D eigenvalue weighted by atomic mass is 9.77. The van der Waals surface area contributed by atoms with Crippen LogP contribution >= 0.6 is 0 Å². The van der Waals surface area contributed by atoms with E-state index in [2.05, 4.69) is 10.6 Å². The number of carbonyl (C=O) groups is 2. The van der Waals surface area contributed by atoms with E-state index in [4.69, 9.17) is 5.11 Å². The SMILES string of the molecule is C[C@@H](O)[C@H](NC(=O)C1CCC2CCCCC2N1)C(=O)O. The number of carboxylic acids is 1. The largest absolute Gasteiger partial charge is 0.480 e. The summed E-state index contributed by atoms with van der Waals surface area (Å²) in [6, 6.07) is -1.20. The Bertz CT molecular complexity index is 372. The van der Waals surface area contributed by atoms with Crippen molar-refractivity contribution in [2.45, 2.75) is 69.7 Å². The van der Waals surface area contributed by atoms with E-state index < -0.39 is 18.1 Å². The van der Waals surface area contributed by atoms with Crippen LogP contribution in [0.5, 0.6) is 0 Å². The third-order valence-electron chi connectivity index (χ3n) is 4.51. The van der Waals surface area contributed by atoms with Gasteiger partial charge in [-0.25, -0.2) is 4.79 Å². The van der Waals surface area contributed by atoms with Crippen molar-refractivity contribution in [1.82, 2.24) is 10.6 Å². The fraction of sp³-hybridized carbons (Fsp3) is 0.857. The fourth-order valence-electron chi connectivity index (χ4n) is 3.34. The first-order valence-corrected chi connectivity index (χ1v) is 7.46. The Morgan fingerprint density at radius 2 is 1.90 bits per heavy atom. The maximum Gasteiger partial charge on any atom is 0.328 e. The molecule has 1 saturated heterocycles. The number of nitrogens with one attached hydrogen (secondary N) is 2. The molecule has 0 bridgehead atoms. The molecule has 1 saturated carbocycles. The molecule has 5 atom stereocenters. The number of hydrogen-bond donors (Lipinski definition) is 4. The van der Waals surface area contributed by atoms with E-state index in [9.17, 15) is 14.7 Å². The van der Waals surface area contributed by atoms with Gasteiger partial charge in [0.05, 0.1) is 12.1 Å². The van der Waals surface area contributed by atoms with Gasteiger partial charge >= 0.3 is 5.97 Å². The molecule has 0 aromatic rings. The summed E-state index contributed by atoms with van der Waals surface area (Å²) in [6.45, 7) is 1.37. The number of carbonyl (C=O) groups excluding carboxylic acids is 1. The van der Waals surface area contributed by atoms with Crippen LogP contribution in [0.25, 0.3) is 0 Å². The average Bonchev–Trinajstić information content (AvgIpc) is 2.43. The summed E-state index contributed by atoms with van der Waals surface area (Å²) in [5.74, 6) is -0.873. The number of fused-ring (bicyclic) bond motifs is 1. The van der Waals surface area contributed by atoms with Crippen molar-refractivity contribution in [1.29, 1.82) is 0 Å². The predicted octanol–water partition coefficient (Wildman–Crippen LogP) is 0.247. The monoisotopic (exact) mass is 284 g/mol. The summed E-state index contributed by atoms with van der Waals surface area (Å²) in [5, 5.41) is 24.2. The number of piperidine rings is 1. The molecule has 1 aliphatic heterocycles. The highest BCUT2D eigenvalue weighted by Gasteiger charge is 2.36. The highest BCUT2D eigenvalue weighted by molar-refractivity contribution is 5.87. The molecule has 1 heterocycles. The second-order valence-electron chi connectivity index (χ2n) is 6.01. The highest BCUT2D eigenvalue weighted by Crippen LogP contribution is 2.32. The Morgan fingerprint density at radius 1 is 1.20 bits per heavy atom. The average molecular weight is 284 g/mol. The van der Waals surface area contributed by atoms with Gasteiger partial charge < -0.3 is 20.8 Å². The molecule has 6 nitrogen and oxygen atoms in total. The van der Waals surface area contributed by atoms with Gasteiger partial charge in [0.25, 0.3) is 0 Å². The number of aliphatic hydroxyl groups excluding tert-OH is 1. The van der Waals surface area contributed by atoms with Gasteiger partial charge in [-0.3, -0.25) is 4.79 Å². The van der Waals surface area contributed by atoms with Crippen molar-refractivity contribution in [3.05, 3.63) is 0 Å². The van der Waals surface area contributed by atoms with Crippen LogP contribution in [-0.2, 0) is 9.59 Å². The zero-order chi connectivity index (χ0) is 14.7. The minimum atomic E-state index is -1.24. The number of rotatable bonds is 4. The van der Waals surface area contributed by atoms with Crippen LogP contribution in [0.15, 0.2) is 0 Å². The van der Waals surface area contributed by atoms with E-state index in [1.54, 1.807) is 0 Å². The van der Waals surface area contributed by atoms with Crippen LogP contribution in [0.3, 0.4) is 0 Å². The van der Waals surface area contributed by atoms with E-state index >= 15 is 0 Å². The Hall–Kier alpha value is -1.14. The first-order chi connectivity index (χ1) is 9.49. The first kappa shape index (κ1) is 15.3. The maximum atomic E-state index is 12.1. The normalized spacial score (nSPS) is 32.8. The zero-order valence-corrected chi connectivity index (χ0v) is 11.8. The fourth-order valence-corrected chi connectivity index (χ4v) is 3.34. The van der Waals surface area contributed by atoms with Gasteiger partial charge in [-0.1, -0.05) is 12.8 Å². The molecule has 0 radical (unpaired) electrons. The van der Waals surface area contributed by atoms with Crippen LogP contribution < -0.4 is 10.6 Å². The summed E-state index contributed by atoms with van der Waals surface area (Å²) >= 11 is 0. The van der Waals surface area contributed by atoms with Gasteiger partial charge in [-0.2, -0.15) is 0 Å². The topological polar surface area (TPSA) is 98.7 Å². The Balaban J connectivity index is 1.91. The molecular weight excluding hydrogens is 260 g/mol. The van der Waals surface area contributed by atoms with Gasteiger partial charge in [-0.15, -0.1) is 0 Å². The quantitative estimate of drug-likeness (QED) is 0.593. The molecule has 6 heteroatoms. The number of hydrogen-bond acceptors (Lipinski definition) is 4. The standard InChI is InChI=1S/C14H24N2O4/c1-8(17)12(14(19)20)16-13(18)11-7-6-9-4-2-3-5-10(9)15-11/h8-12,15,17H,2-7H2,1H3,(H,16,18)(H,19,20)/t8-,9?,10?,11?,12+/m1/s1. The third-order valence-corrected chi connectivity index (χ3v) is 4.51. The van der Waals surface area contributed by atoms with Crippen molar-refractivity contribution in [2.75, 3.05) is 0 Å². The molecular formula is C14H24N2O4. The Kier molecular flexibility index (Phi) is 4.99. The lowest BCUT2D eigenvalue weighted by Crippen LogP contribution is -2.58. The second kappa shape index (κ2) is 6.54. The molecule has 0 aromatic heterocycles.